The molecule has 0 radical (unpaired) electrons. The van der Waals surface area contributed by atoms with Gasteiger partial charge < -0.3 is 20.3 Å². The van der Waals surface area contributed by atoms with E-state index in [2.05, 4.69) is 11.0 Å². The zero-order valence-electron chi connectivity index (χ0n) is 16.6. The van der Waals surface area contributed by atoms with Crippen LogP contribution in [-0.4, -0.2) is 31.0 Å². The summed E-state index contributed by atoms with van der Waals surface area (Å²) in [6.07, 6.45) is 1.09. The number of piperidine rings is 1. The van der Waals surface area contributed by atoms with E-state index in [0.29, 0.717) is 43.1 Å². The maximum Gasteiger partial charge on any atom is 0.265 e. The Kier molecular flexibility index (Phi) is 6.00. The summed E-state index contributed by atoms with van der Waals surface area (Å²) in [5, 5.41) is 11.1. The molecule has 2 aliphatic rings. The van der Waals surface area contributed by atoms with Crippen molar-refractivity contribution >= 4 is 29.0 Å². The molecule has 2 aromatic rings. The van der Waals surface area contributed by atoms with Crippen LogP contribution in [0.4, 0.5) is 20.2 Å². The number of carbonyl (C=O) groups excluding carboxylic acids is 1. The van der Waals surface area contributed by atoms with Crippen LogP contribution in [0.2, 0.25) is 0 Å². The Balaban J connectivity index is 1.51. The van der Waals surface area contributed by atoms with Crippen molar-refractivity contribution in [3.63, 3.8) is 0 Å². The fourth-order valence-electron chi connectivity index (χ4n) is 3.76. The Labute approximate surface area is 182 Å². The normalized spacial score (nSPS) is 16.7. The van der Waals surface area contributed by atoms with Gasteiger partial charge >= 0.3 is 0 Å². The molecule has 2 heterocycles. The van der Waals surface area contributed by atoms with Gasteiger partial charge in [0.25, 0.3) is 5.91 Å². The Hall–Kier alpha value is -3.25. The molecule has 0 bridgehead atoms. The molecule has 0 spiro atoms. The number of carbonyl (C=O) groups is 1. The summed E-state index contributed by atoms with van der Waals surface area (Å²) in [5.41, 5.74) is 8.05. The highest BCUT2D eigenvalue weighted by Crippen LogP contribution is 2.38. The molecular formula is C22H20F2N4O2S. The van der Waals surface area contributed by atoms with Crippen molar-refractivity contribution in [3.8, 4) is 11.8 Å². The molecule has 0 unspecified atom stereocenters. The van der Waals surface area contributed by atoms with Gasteiger partial charge in [-0.3, -0.25) is 4.79 Å². The van der Waals surface area contributed by atoms with E-state index in [0.717, 1.165) is 17.4 Å². The van der Waals surface area contributed by atoms with Crippen LogP contribution in [0.15, 0.2) is 47.5 Å². The first-order valence-corrected chi connectivity index (χ1v) is 10.8. The molecule has 0 saturated carbocycles. The van der Waals surface area contributed by atoms with E-state index in [9.17, 15) is 18.8 Å². The number of nitrogens with zero attached hydrogens (tertiary/aromatic N) is 3. The first-order chi connectivity index (χ1) is 15.0. The fraction of sp³-hybridized carbons (Fsp3) is 0.273. The number of nitrogens with two attached hydrogens (primary N) is 1. The van der Waals surface area contributed by atoms with Crippen molar-refractivity contribution < 1.29 is 18.3 Å². The lowest BCUT2D eigenvalue weighted by molar-refractivity contribution is -0.114. The van der Waals surface area contributed by atoms with E-state index in [-0.39, 0.29) is 11.9 Å². The number of hydrogen-bond acceptors (Lipinski definition) is 6. The highest BCUT2D eigenvalue weighted by atomic mass is 32.2. The molecule has 2 aliphatic heterocycles. The zero-order valence-corrected chi connectivity index (χ0v) is 17.4. The number of thioether (sulfide) groups is 1. The fourth-order valence-corrected chi connectivity index (χ4v) is 4.66. The molecule has 1 amide bonds. The molecule has 2 aromatic carbocycles. The first-order valence-electron chi connectivity index (χ1n) is 9.76. The number of nitriles is 1. The third kappa shape index (κ3) is 4.44. The molecule has 0 aliphatic carbocycles. The predicted octanol–water partition coefficient (Wildman–Crippen LogP) is 3.72. The van der Waals surface area contributed by atoms with Gasteiger partial charge in [0.05, 0.1) is 28.9 Å². The molecule has 2 N–H and O–H groups in total. The number of amides is 1. The molecule has 1 saturated heterocycles. The number of halogens is 2. The van der Waals surface area contributed by atoms with E-state index >= 15 is 0 Å². The van der Waals surface area contributed by atoms with E-state index in [1.807, 2.05) is 11.0 Å². The third-order valence-corrected chi connectivity index (χ3v) is 6.10. The quantitative estimate of drug-likeness (QED) is 0.760. The Morgan fingerprint density at radius 2 is 1.94 bits per heavy atom. The van der Waals surface area contributed by atoms with Crippen molar-refractivity contribution in [2.24, 2.45) is 5.73 Å². The maximum absolute atomic E-state index is 13.9. The summed E-state index contributed by atoms with van der Waals surface area (Å²) < 4.78 is 32.7. The summed E-state index contributed by atoms with van der Waals surface area (Å²) in [4.78, 5) is 15.8. The highest BCUT2D eigenvalue weighted by Gasteiger charge is 2.28. The second kappa shape index (κ2) is 8.86. The van der Waals surface area contributed by atoms with Gasteiger partial charge in [-0.1, -0.05) is 0 Å². The largest absolute Gasteiger partial charge is 0.487 e. The standard InChI is InChI=1S/C22H20F2N4O2S/c23-15-2-4-21(17(24)10-15)30-16-5-7-27(8-6-16)18-3-1-14(11-25)9-19(18)28-13-31-12-20(28)22(26)29/h1-4,9-10,12,16H,5-8,13H2,(H2,26,29). The molecule has 4 rings (SSSR count). The molecule has 0 aromatic heterocycles. The summed E-state index contributed by atoms with van der Waals surface area (Å²) in [6.45, 7) is 1.28. The van der Waals surface area contributed by atoms with Gasteiger partial charge in [0.1, 0.15) is 17.6 Å². The van der Waals surface area contributed by atoms with Gasteiger partial charge in [-0.2, -0.15) is 5.26 Å². The van der Waals surface area contributed by atoms with Gasteiger partial charge in [-0.25, -0.2) is 8.78 Å². The summed E-state index contributed by atoms with van der Waals surface area (Å²) in [5.74, 6) is -1.30. The van der Waals surface area contributed by atoms with E-state index in [1.165, 1.54) is 23.9 Å². The van der Waals surface area contributed by atoms with Crippen LogP contribution >= 0.6 is 11.8 Å². The number of rotatable bonds is 5. The Bertz CT molecular complexity index is 1080. The third-order valence-electron chi connectivity index (χ3n) is 5.31. The van der Waals surface area contributed by atoms with Gasteiger partial charge in [-0.05, 0) is 30.3 Å². The summed E-state index contributed by atoms with van der Waals surface area (Å²) >= 11 is 1.47. The second-order valence-corrected chi connectivity index (χ2v) is 8.11. The minimum Gasteiger partial charge on any atom is -0.487 e. The van der Waals surface area contributed by atoms with Crippen LogP contribution in [0.25, 0.3) is 0 Å². The van der Waals surface area contributed by atoms with Crippen molar-refractivity contribution in [2.75, 3.05) is 28.8 Å². The number of ether oxygens (including phenoxy) is 1. The number of benzene rings is 2. The Morgan fingerprint density at radius 1 is 1.16 bits per heavy atom. The molecule has 9 heteroatoms. The van der Waals surface area contributed by atoms with E-state index < -0.39 is 17.5 Å². The smallest absolute Gasteiger partial charge is 0.265 e. The van der Waals surface area contributed by atoms with E-state index in [1.54, 1.807) is 17.5 Å². The summed E-state index contributed by atoms with van der Waals surface area (Å²) in [6, 6.07) is 10.8. The van der Waals surface area contributed by atoms with Crippen LogP contribution in [0.3, 0.4) is 0 Å². The van der Waals surface area contributed by atoms with Crippen molar-refractivity contribution in [1.29, 1.82) is 5.26 Å². The van der Waals surface area contributed by atoms with Gasteiger partial charge in [-0.15, -0.1) is 11.8 Å². The van der Waals surface area contributed by atoms with E-state index in [4.69, 9.17) is 10.5 Å². The number of hydrogen-bond donors (Lipinski definition) is 1. The average molecular weight is 442 g/mol. The van der Waals surface area contributed by atoms with Gasteiger partial charge in [0, 0.05) is 37.4 Å². The lowest BCUT2D eigenvalue weighted by Crippen LogP contribution is -2.39. The Morgan fingerprint density at radius 3 is 2.61 bits per heavy atom. The number of anilines is 2. The molecular weight excluding hydrogens is 422 g/mol. The average Bonchev–Trinajstić information content (AvgIpc) is 3.26. The first kappa shape index (κ1) is 21.0. The molecule has 1 fully saturated rings. The van der Waals surface area contributed by atoms with Crippen LogP contribution < -0.4 is 20.3 Å². The summed E-state index contributed by atoms with van der Waals surface area (Å²) in [7, 11) is 0. The highest BCUT2D eigenvalue weighted by molar-refractivity contribution is 8.02. The zero-order chi connectivity index (χ0) is 22.0. The molecule has 0 atom stereocenters. The van der Waals surface area contributed by atoms with Gasteiger partial charge in [0.15, 0.2) is 11.6 Å². The van der Waals surface area contributed by atoms with Crippen molar-refractivity contribution in [2.45, 2.75) is 18.9 Å². The minimum atomic E-state index is -0.714. The SMILES string of the molecule is N#Cc1ccc(N2CCC(Oc3ccc(F)cc3F)CC2)c(N2CSC=C2C(N)=O)c1. The number of primary amides is 1. The lowest BCUT2D eigenvalue weighted by atomic mass is 10.0. The molecule has 31 heavy (non-hydrogen) atoms. The maximum atomic E-state index is 13.9. The van der Waals surface area contributed by atoms with Crippen LogP contribution in [0, 0.1) is 23.0 Å². The topological polar surface area (TPSA) is 82.6 Å². The monoisotopic (exact) mass is 442 g/mol. The second-order valence-electron chi connectivity index (χ2n) is 7.29. The van der Waals surface area contributed by atoms with Gasteiger partial charge in [0.2, 0.25) is 0 Å². The van der Waals surface area contributed by atoms with Crippen LogP contribution in [-0.2, 0) is 4.79 Å². The van der Waals surface area contributed by atoms with Crippen molar-refractivity contribution in [1.82, 2.24) is 0 Å². The molecule has 160 valence electrons. The minimum absolute atomic E-state index is 0.0456. The van der Waals surface area contributed by atoms with Crippen LogP contribution in [0.5, 0.6) is 5.75 Å². The molecule has 6 nitrogen and oxygen atoms in total. The van der Waals surface area contributed by atoms with Crippen molar-refractivity contribution in [3.05, 3.63) is 64.7 Å². The lowest BCUT2D eigenvalue weighted by Gasteiger charge is -2.36. The van der Waals surface area contributed by atoms with Crippen LogP contribution in [0.1, 0.15) is 18.4 Å². The predicted molar refractivity (Wildman–Crippen MR) is 116 cm³/mol.